The Balaban J connectivity index is 1.36. The Kier molecular flexibility index (Phi) is 10.4. The third-order valence-electron chi connectivity index (χ3n) is 7.21. The quantitative estimate of drug-likeness (QED) is 0.117. The fraction of sp³-hybridized carbons (Fsp3) is 0.323. The zero-order valence-electron chi connectivity index (χ0n) is 25.7. The molecule has 2 aromatic carbocycles. The lowest BCUT2D eigenvalue weighted by molar-refractivity contribution is -0.111. The lowest BCUT2D eigenvalue weighted by atomic mass is 10.1. The molecule has 3 heterocycles. The number of amides is 1. The first-order valence-electron chi connectivity index (χ1n) is 14.4. The van der Waals surface area contributed by atoms with Gasteiger partial charge in [-0.2, -0.15) is 8.42 Å². The summed E-state index contributed by atoms with van der Waals surface area (Å²) >= 11 is 6.56. The molecule has 0 radical (unpaired) electrons. The van der Waals surface area contributed by atoms with Crippen LogP contribution in [-0.2, 0) is 30.9 Å². The summed E-state index contributed by atoms with van der Waals surface area (Å²) in [7, 11) is -0.179. The predicted octanol–water partition coefficient (Wildman–Crippen LogP) is 4.57. The van der Waals surface area contributed by atoms with Crippen LogP contribution < -0.4 is 20.1 Å². The highest BCUT2D eigenvalue weighted by Crippen LogP contribution is 2.39. The van der Waals surface area contributed by atoms with Crippen molar-refractivity contribution in [2.45, 2.75) is 12.6 Å². The summed E-state index contributed by atoms with van der Waals surface area (Å²) < 4.78 is 47.6. The van der Waals surface area contributed by atoms with Gasteiger partial charge in [0.15, 0.2) is 6.23 Å². The molecule has 1 aliphatic heterocycles. The molecule has 5 rings (SSSR count). The van der Waals surface area contributed by atoms with Crippen LogP contribution in [0.2, 0.25) is 5.02 Å². The van der Waals surface area contributed by atoms with Gasteiger partial charge in [-0.15, -0.1) is 0 Å². The van der Waals surface area contributed by atoms with Crippen LogP contribution in [0.3, 0.4) is 0 Å². The topological polar surface area (TPSA) is 146 Å². The minimum atomic E-state index is -3.65. The summed E-state index contributed by atoms with van der Waals surface area (Å²) in [6, 6.07) is 11.3. The van der Waals surface area contributed by atoms with Crippen molar-refractivity contribution in [3.05, 3.63) is 66.5 Å². The number of halogens is 1. The Hall–Kier alpha value is -4.21. The zero-order valence-corrected chi connectivity index (χ0v) is 27.2. The normalized spacial score (nSPS) is 15.4. The highest BCUT2D eigenvalue weighted by Gasteiger charge is 2.27. The molecule has 0 saturated carbocycles. The molecule has 1 atom stereocenters. The average Bonchev–Trinajstić information content (AvgIpc) is 3.37. The Morgan fingerprint density at radius 3 is 2.80 bits per heavy atom. The van der Waals surface area contributed by atoms with Gasteiger partial charge < -0.3 is 29.4 Å². The minimum Gasteiger partial charge on any atom is -0.494 e. The van der Waals surface area contributed by atoms with E-state index in [1.807, 2.05) is 47.0 Å². The molecular formula is C31H35ClN6O7S. The van der Waals surface area contributed by atoms with Crippen LogP contribution >= 0.6 is 11.6 Å². The van der Waals surface area contributed by atoms with Gasteiger partial charge in [-0.25, -0.2) is 14.2 Å². The van der Waals surface area contributed by atoms with Crippen molar-refractivity contribution in [2.75, 3.05) is 56.9 Å². The second kappa shape index (κ2) is 14.5. The molecule has 1 fully saturated rings. The Morgan fingerprint density at radius 1 is 1.24 bits per heavy atom. The predicted molar refractivity (Wildman–Crippen MR) is 176 cm³/mol. The van der Waals surface area contributed by atoms with E-state index in [9.17, 15) is 13.2 Å². The molecule has 1 amide bonds. The molecule has 46 heavy (non-hydrogen) atoms. The Bertz CT molecular complexity index is 1850. The molecule has 15 heteroatoms. The number of carbonyl (C=O) groups excluding carboxylic acids is 1. The number of ether oxygens (including phenoxy) is 3. The number of carbonyl (C=O) groups is 1. The number of fused-ring (bicyclic) bond motifs is 1. The monoisotopic (exact) mass is 670 g/mol. The number of anilines is 3. The summed E-state index contributed by atoms with van der Waals surface area (Å²) in [4.78, 5) is 23.3. The first kappa shape index (κ1) is 33.2. The summed E-state index contributed by atoms with van der Waals surface area (Å²) in [5.41, 5.74) is 3.28. The van der Waals surface area contributed by atoms with E-state index in [-0.39, 0.29) is 19.2 Å². The van der Waals surface area contributed by atoms with Gasteiger partial charge in [-0.3, -0.25) is 9.69 Å². The standard InChI is InChI=1S/C31H35ClN6O7S/c1-5-28(39)34-24-15-23(35-31-33-17-22(32)30(36-31)21-18-37(2)25-10-7-6-9-20(21)25)26(42-3)16-27(24)44-13-8-11-38-12-14-43-19-29(38)45-46(4,40)41/h5-7,9-10,15-18,29H,1,8,11-14,19H2,2-4H3,(H,34,39)(H,33,35,36). The number of nitrogens with zero attached hydrogens (tertiary/aromatic N) is 4. The van der Waals surface area contributed by atoms with Crippen LogP contribution in [0.4, 0.5) is 17.3 Å². The van der Waals surface area contributed by atoms with Gasteiger partial charge in [0.25, 0.3) is 10.1 Å². The molecule has 4 aromatic rings. The molecule has 0 spiro atoms. The van der Waals surface area contributed by atoms with Gasteiger partial charge in [0, 0.05) is 48.9 Å². The average molecular weight is 671 g/mol. The maximum atomic E-state index is 12.3. The lowest BCUT2D eigenvalue weighted by Crippen LogP contribution is -2.48. The van der Waals surface area contributed by atoms with Crippen molar-refractivity contribution in [3.8, 4) is 22.8 Å². The van der Waals surface area contributed by atoms with Crippen LogP contribution in [0, 0.1) is 0 Å². The van der Waals surface area contributed by atoms with Crippen LogP contribution in [0.5, 0.6) is 11.5 Å². The van der Waals surface area contributed by atoms with E-state index in [0.717, 1.165) is 28.8 Å². The van der Waals surface area contributed by atoms with Crippen molar-refractivity contribution in [2.24, 2.45) is 7.05 Å². The second-order valence-electron chi connectivity index (χ2n) is 10.5. The first-order chi connectivity index (χ1) is 22.1. The highest BCUT2D eigenvalue weighted by atomic mass is 35.5. The lowest BCUT2D eigenvalue weighted by Gasteiger charge is -2.34. The van der Waals surface area contributed by atoms with Gasteiger partial charge in [0.05, 0.1) is 61.5 Å². The number of nitrogens with one attached hydrogen (secondary N) is 2. The van der Waals surface area contributed by atoms with Crippen molar-refractivity contribution in [3.63, 3.8) is 0 Å². The molecule has 1 aliphatic rings. The largest absolute Gasteiger partial charge is 0.494 e. The number of rotatable bonds is 13. The van der Waals surface area contributed by atoms with E-state index in [4.69, 9.17) is 35.0 Å². The van der Waals surface area contributed by atoms with Crippen LogP contribution in [0.15, 0.2) is 61.4 Å². The number of hydrogen-bond acceptors (Lipinski definition) is 11. The van der Waals surface area contributed by atoms with E-state index in [1.165, 1.54) is 13.3 Å². The second-order valence-corrected chi connectivity index (χ2v) is 12.5. The molecule has 2 N–H and O–H groups in total. The van der Waals surface area contributed by atoms with Crippen molar-refractivity contribution < 1.29 is 31.6 Å². The number of methoxy groups -OCH3 is 1. The third kappa shape index (κ3) is 7.95. The Labute approximate surface area is 272 Å². The third-order valence-corrected chi connectivity index (χ3v) is 8.06. The number of hydrogen-bond donors (Lipinski definition) is 2. The van der Waals surface area contributed by atoms with Crippen molar-refractivity contribution in [1.29, 1.82) is 0 Å². The van der Waals surface area contributed by atoms with Gasteiger partial charge in [-0.05, 0) is 24.6 Å². The number of morpholine rings is 1. The summed E-state index contributed by atoms with van der Waals surface area (Å²) in [6.45, 7) is 5.43. The highest BCUT2D eigenvalue weighted by molar-refractivity contribution is 7.86. The molecule has 13 nitrogen and oxygen atoms in total. The summed E-state index contributed by atoms with van der Waals surface area (Å²) in [5.74, 6) is 0.594. The molecule has 1 unspecified atom stereocenters. The van der Waals surface area contributed by atoms with Gasteiger partial charge in [0.2, 0.25) is 11.9 Å². The van der Waals surface area contributed by atoms with Gasteiger partial charge >= 0.3 is 0 Å². The SMILES string of the molecule is C=CC(=O)Nc1cc(Nc2ncc(Cl)c(-c3cn(C)c4ccccc34)n2)c(OC)cc1OCCCN1CCOCC1OS(C)(=O)=O. The van der Waals surface area contributed by atoms with Gasteiger partial charge in [0.1, 0.15) is 11.5 Å². The smallest absolute Gasteiger partial charge is 0.266 e. The maximum absolute atomic E-state index is 12.3. The van der Waals surface area contributed by atoms with Gasteiger partial charge in [-0.1, -0.05) is 36.4 Å². The van der Waals surface area contributed by atoms with Crippen LogP contribution in [-0.4, -0.2) is 86.3 Å². The minimum absolute atomic E-state index is 0.151. The molecule has 2 aromatic heterocycles. The fourth-order valence-corrected chi connectivity index (χ4v) is 5.88. The van der Waals surface area contributed by atoms with E-state index >= 15 is 0 Å². The summed E-state index contributed by atoms with van der Waals surface area (Å²) in [5, 5.41) is 7.34. The van der Waals surface area contributed by atoms with Crippen molar-refractivity contribution >= 4 is 55.9 Å². The molecule has 0 aliphatic carbocycles. The number of aryl methyl sites for hydroxylation is 1. The molecule has 1 saturated heterocycles. The molecule has 244 valence electrons. The number of benzene rings is 2. The van der Waals surface area contributed by atoms with E-state index in [2.05, 4.69) is 22.2 Å². The fourth-order valence-electron chi connectivity index (χ4n) is 5.11. The first-order valence-corrected chi connectivity index (χ1v) is 16.6. The number of para-hydroxylation sites is 1. The van der Waals surface area contributed by atoms with Crippen molar-refractivity contribution in [1.82, 2.24) is 19.4 Å². The van der Waals surface area contributed by atoms with Crippen LogP contribution in [0.25, 0.3) is 22.2 Å². The molecule has 0 bridgehead atoms. The zero-order chi connectivity index (χ0) is 32.8. The van der Waals surface area contributed by atoms with E-state index in [0.29, 0.717) is 59.7 Å². The van der Waals surface area contributed by atoms with Crippen LogP contribution in [0.1, 0.15) is 6.42 Å². The Morgan fingerprint density at radius 2 is 2.04 bits per heavy atom. The molecular weight excluding hydrogens is 636 g/mol. The van der Waals surface area contributed by atoms with E-state index < -0.39 is 22.3 Å². The maximum Gasteiger partial charge on any atom is 0.266 e. The summed E-state index contributed by atoms with van der Waals surface area (Å²) in [6.07, 6.45) is 5.50. The van der Waals surface area contributed by atoms with E-state index in [1.54, 1.807) is 12.1 Å². The number of aromatic nitrogens is 3.